The smallest absolute Gasteiger partial charge is 0.223 e. The second-order valence-corrected chi connectivity index (χ2v) is 5.18. The molecule has 1 aromatic rings. The molecule has 2 N–H and O–H groups in total. The molecule has 94 valence electrons. The molecule has 4 nitrogen and oxygen atoms in total. The molecular formula is C12H18N2O2S. The Morgan fingerprint density at radius 1 is 1.76 bits per heavy atom. The van der Waals surface area contributed by atoms with Crippen LogP contribution in [0.5, 0.6) is 0 Å². The summed E-state index contributed by atoms with van der Waals surface area (Å²) >= 11 is 1.66. The number of rotatable bonds is 4. The van der Waals surface area contributed by atoms with E-state index in [4.69, 9.17) is 4.74 Å². The molecule has 1 fully saturated rings. The van der Waals surface area contributed by atoms with E-state index in [1.165, 1.54) is 4.88 Å². The zero-order chi connectivity index (χ0) is 12.1. The molecule has 1 saturated heterocycles. The van der Waals surface area contributed by atoms with Crippen molar-refractivity contribution in [2.45, 2.75) is 25.5 Å². The standard InChI is InChI=1S/C12H18N2O2S/c1-9(11-3-2-6-17-11)14-12(15)7-10-8-13-4-5-16-10/h2-3,6,9-10,13H,4-5,7-8H2,1H3,(H,14,15)/t9-,10?/m1/s1. The van der Waals surface area contributed by atoms with Crippen LogP contribution in [0.2, 0.25) is 0 Å². The Morgan fingerprint density at radius 2 is 2.65 bits per heavy atom. The Labute approximate surface area is 105 Å². The van der Waals surface area contributed by atoms with Crippen LogP contribution < -0.4 is 10.6 Å². The molecule has 2 atom stereocenters. The van der Waals surface area contributed by atoms with Gasteiger partial charge in [-0.05, 0) is 18.4 Å². The van der Waals surface area contributed by atoms with Crippen molar-refractivity contribution in [3.8, 4) is 0 Å². The van der Waals surface area contributed by atoms with Gasteiger partial charge in [-0.2, -0.15) is 0 Å². The summed E-state index contributed by atoms with van der Waals surface area (Å²) < 4.78 is 5.50. The highest BCUT2D eigenvalue weighted by Crippen LogP contribution is 2.18. The van der Waals surface area contributed by atoms with E-state index in [-0.39, 0.29) is 18.1 Å². The van der Waals surface area contributed by atoms with E-state index < -0.39 is 0 Å². The van der Waals surface area contributed by atoms with Gasteiger partial charge in [0.15, 0.2) is 0 Å². The summed E-state index contributed by atoms with van der Waals surface area (Å²) in [4.78, 5) is 13.0. The molecule has 1 aromatic heterocycles. The Morgan fingerprint density at radius 3 is 3.29 bits per heavy atom. The minimum atomic E-state index is 0.0132. The van der Waals surface area contributed by atoms with Crippen molar-refractivity contribution in [2.75, 3.05) is 19.7 Å². The first kappa shape index (κ1) is 12.5. The summed E-state index contributed by atoms with van der Waals surface area (Å²) in [6.45, 7) is 4.34. The summed E-state index contributed by atoms with van der Waals surface area (Å²) in [6, 6.07) is 4.12. The van der Waals surface area contributed by atoms with Crippen LogP contribution in [0, 0.1) is 0 Å². The summed E-state index contributed by atoms with van der Waals surface area (Å²) in [6.07, 6.45) is 0.446. The topological polar surface area (TPSA) is 50.4 Å². The van der Waals surface area contributed by atoms with Gasteiger partial charge in [0.25, 0.3) is 0 Å². The number of carbonyl (C=O) groups is 1. The maximum Gasteiger partial charge on any atom is 0.223 e. The lowest BCUT2D eigenvalue weighted by Gasteiger charge is -2.23. The molecule has 5 heteroatoms. The van der Waals surface area contributed by atoms with Crippen LogP contribution in [0.4, 0.5) is 0 Å². The molecule has 0 bridgehead atoms. The first-order valence-corrected chi connectivity index (χ1v) is 6.79. The lowest BCUT2D eigenvalue weighted by molar-refractivity contribution is -0.125. The van der Waals surface area contributed by atoms with Crippen molar-refractivity contribution in [3.63, 3.8) is 0 Å². The lowest BCUT2D eigenvalue weighted by atomic mass is 10.2. The highest BCUT2D eigenvalue weighted by Gasteiger charge is 2.18. The third-order valence-corrected chi connectivity index (χ3v) is 3.82. The number of ether oxygens (including phenoxy) is 1. The maximum absolute atomic E-state index is 11.8. The minimum absolute atomic E-state index is 0.0132. The molecule has 0 radical (unpaired) electrons. The van der Waals surface area contributed by atoms with Gasteiger partial charge >= 0.3 is 0 Å². The summed E-state index contributed by atoms with van der Waals surface area (Å²) in [5.41, 5.74) is 0. The van der Waals surface area contributed by atoms with Gasteiger partial charge < -0.3 is 15.4 Å². The van der Waals surface area contributed by atoms with Gasteiger partial charge in [-0.1, -0.05) is 6.07 Å². The Balaban J connectivity index is 1.76. The fourth-order valence-electron chi connectivity index (χ4n) is 1.87. The Kier molecular flexibility index (Phi) is 4.53. The van der Waals surface area contributed by atoms with Crippen LogP contribution in [0.25, 0.3) is 0 Å². The number of thiophene rings is 1. The van der Waals surface area contributed by atoms with Crippen LogP contribution in [-0.2, 0) is 9.53 Å². The van der Waals surface area contributed by atoms with E-state index in [0.717, 1.165) is 13.1 Å². The number of nitrogens with one attached hydrogen (secondary N) is 2. The molecule has 17 heavy (non-hydrogen) atoms. The second-order valence-electron chi connectivity index (χ2n) is 4.21. The highest BCUT2D eigenvalue weighted by molar-refractivity contribution is 7.10. The first-order chi connectivity index (χ1) is 8.25. The maximum atomic E-state index is 11.8. The van der Waals surface area contributed by atoms with E-state index in [1.807, 2.05) is 24.4 Å². The van der Waals surface area contributed by atoms with Crippen LogP contribution in [0.15, 0.2) is 17.5 Å². The molecule has 0 aromatic carbocycles. The van der Waals surface area contributed by atoms with Gasteiger partial charge in [0.2, 0.25) is 5.91 Å². The van der Waals surface area contributed by atoms with Crippen LogP contribution in [0.3, 0.4) is 0 Å². The zero-order valence-electron chi connectivity index (χ0n) is 9.94. The van der Waals surface area contributed by atoms with Gasteiger partial charge in [0, 0.05) is 18.0 Å². The predicted molar refractivity (Wildman–Crippen MR) is 68.1 cm³/mol. The van der Waals surface area contributed by atoms with E-state index in [2.05, 4.69) is 10.6 Å². The SMILES string of the molecule is C[C@@H](NC(=O)CC1CNCCO1)c1cccs1. The fraction of sp³-hybridized carbons (Fsp3) is 0.583. The number of morpholine rings is 1. The van der Waals surface area contributed by atoms with Gasteiger partial charge in [0.05, 0.1) is 25.2 Å². The molecule has 1 aliphatic heterocycles. The van der Waals surface area contributed by atoms with Crippen molar-refractivity contribution in [2.24, 2.45) is 0 Å². The molecule has 1 amide bonds. The highest BCUT2D eigenvalue weighted by atomic mass is 32.1. The number of hydrogen-bond acceptors (Lipinski definition) is 4. The average Bonchev–Trinajstić information content (AvgIpc) is 2.83. The van der Waals surface area contributed by atoms with Crippen molar-refractivity contribution < 1.29 is 9.53 Å². The minimum Gasteiger partial charge on any atom is -0.375 e. The van der Waals surface area contributed by atoms with Gasteiger partial charge in [-0.15, -0.1) is 11.3 Å². The second kappa shape index (κ2) is 6.14. The van der Waals surface area contributed by atoms with E-state index >= 15 is 0 Å². The molecule has 0 spiro atoms. The molecule has 0 aliphatic carbocycles. The third kappa shape index (κ3) is 3.80. The normalized spacial score (nSPS) is 22.1. The van der Waals surface area contributed by atoms with Crippen molar-refractivity contribution in [3.05, 3.63) is 22.4 Å². The van der Waals surface area contributed by atoms with Gasteiger partial charge in [-0.25, -0.2) is 0 Å². The van der Waals surface area contributed by atoms with E-state index in [1.54, 1.807) is 11.3 Å². The third-order valence-electron chi connectivity index (χ3n) is 2.76. The molecule has 2 rings (SSSR count). The van der Waals surface area contributed by atoms with Crippen LogP contribution in [0.1, 0.15) is 24.3 Å². The molecular weight excluding hydrogens is 236 g/mol. The summed E-state index contributed by atoms with van der Waals surface area (Å²) in [7, 11) is 0. The summed E-state index contributed by atoms with van der Waals surface area (Å²) in [5, 5.41) is 8.23. The van der Waals surface area contributed by atoms with Crippen LogP contribution in [-0.4, -0.2) is 31.7 Å². The first-order valence-electron chi connectivity index (χ1n) is 5.91. The van der Waals surface area contributed by atoms with Crippen molar-refractivity contribution >= 4 is 17.2 Å². The van der Waals surface area contributed by atoms with Gasteiger partial charge in [0.1, 0.15) is 0 Å². The fourth-order valence-corrected chi connectivity index (χ4v) is 2.60. The Hall–Kier alpha value is -0.910. The quantitative estimate of drug-likeness (QED) is 0.851. The van der Waals surface area contributed by atoms with E-state index in [0.29, 0.717) is 13.0 Å². The average molecular weight is 254 g/mol. The van der Waals surface area contributed by atoms with Crippen molar-refractivity contribution in [1.82, 2.24) is 10.6 Å². The largest absolute Gasteiger partial charge is 0.375 e. The Bertz CT molecular complexity index is 347. The number of amides is 1. The van der Waals surface area contributed by atoms with Gasteiger partial charge in [-0.3, -0.25) is 4.79 Å². The predicted octanol–water partition coefficient (Wildman–Crippen LogP) is 1.30. The molecule has 1 aliphatic rings. The number of carbonyl (C=O) groups excluding carboxylic acids is 1. The van der Waals surface area contributed by atoms with Crippen molar-refractivity contribution in [1.29, 1.82) is 0 Å². The zero-order valence-corrected chi connectivity index (χ0v) is 10.8. The van der Waals surface area contributed by atoms with Crippen LogP contribution >= 0.6 is 11.3 Å². The molecule has 2 heterocycles. The number of hydrogen-bond donors (Lipinski definition) is 2. The molecule has 1 unspecified atom stereocenters. The molecule has 0 saturated carbocycles. The van der Waals surface area contributed by atoms with E-state index in [9.17, 15) is 4.79 Å². The lowest BCUT2D eigenvalue weighted by Crippen LogP contribution is -2.41. The monoisotopic (exact) mass is 254 g/mol. The summed E-state index contributed by atoms with van der Waals surface area (Å²) in [5.74, 6) is 0.0552.